The highest BCUT2D eigenvalue weighted by atomic mass is 16.6. The van der Waals surface area contributed by atoms with E-state index in [-0.39, 0.29) is 37.0 Å². The lowest BCUT2D eigenvalue weighted by molar-refractivity contribution is -0.151. The van der Waals surface area contributed by atoms with Gasteiger partial charge in [0.25, 0.3) is 5.91 Å². The molecule has 0 N–H and O–H groups in total. The number of likely N-dealkylation sites (tertiary alicyclic amines) is 2. The molecule has 3 amide bonds. The van der Waals surface area contributed by atoms with Crippen molar-refractivity contribution in [2.45, 2.75) is 44.4 Å². The van der Waals surface area contributed by atoms with Crippen LogP contribution < -0.4 is 0 Å². The largest absolute Gasteiger partial charge is 0.459 e. The number of carbonyl (C=O) groups is 4. The van der Waals surface area contributed by atoms with Gasteiger partial charge in [0, 0.05) is 43.7 Å². The first-order chi connectivity index (χ1) is 18.5. The number of carbonyl (C=O) groups excluding carboxylic acids is 4. The van der Waals surface area contributed by atoms with Gasteiger partial charge in [0.15, 0.2) is 6.04 Å². The molecule has 38 heavy (non-hydrogen) atoms. The Morgan fingerprint density at radius 1 is 0.816 bits per heavy atom. The van der Waals surface area contributed by atoms with Crippen molar-refractivity contribution >= 4 is 23.9 Å². The highest BCUT2D eigenvalue weighted by molar-refractivity contribution is 5.94. The molecule has 3 aliphatic heterocycles. The number of piperidine rings is 2. The van der Waals surface area contributed by atoms with Gasteiger partial charge in [-0.3, -0.25) is 14.5 Å². The Bertz CT molecular complexity index is 1140. The van der Waals surface area contributed by atoms with E-state index in [4.69, 9.17) is 9.47 Å². The van der Waals surface area contributed by atoms with E-state index in [1.165, 1.54) is 4.90 Å². The van der Waals surface area contributed by atoms with E-state index < -0.39 is 18.1 Å². The van der Waals surface area contributed by atoms with Gasteiger partial charge < -0.3 is 19.3 Å². The molecular weight excluding hydrogens is 486 g/mol. The zero-order valence-corrected chi connectivity index (χ0v) is 21.4. The van der Waals surface area contributed by atoms with Crippen LogP contribution in [0.5, 0.6) is 0 Å². The molecule has 5 rings (SSSR count). The molecule has 9 nitrogen and oxygen atoms in total. The molecule has 200 valence electrons. The average molecular weight is 520 g/mol. The van der Waals surface area contributed by atoms with Crippen molar-refractivity contribution in [3.63, 3.8) is 0 Å². The Kier molecular flexibility index (Phi) is 7.91. The van der Waals surface area contributed by atoms with E-state index in [1.807, 2.05) is 70.5 Å². The first-order valence-corrected chi connectivity index (χ1v) is 13.3. The first kappa shape index (κ1) is 25.8. The lowest BCUT2D eigenvalue weighted by Crippen LogP contribution is -2.53. The highest BCUT2D eigenvalue weighted by Crippen LogP contribution is 2.27. The predicted molar refractivity (Wildman–Crippen MR) is 138 cm³/mol. The van der Waals surface area contributed by atoms with Gasteiger partial charge in [-0.2, -0.15) is 0 Å². The SMILES string of the molecule is O=C(OCc1ccccc1)C1COC(=O)N1C1CCN(C(=O)C2CCN(C(=O)c3ccccc3)CC2)CC1. The van der Waals surface area contributed by atoms with Crippen molar-refractivity contribution in [2.24, 2.45) is 5.92 Å². The summed E-state index contributed by atoms with van der Waals surface area (Å²) >= 11 is 0. The molecule has 2 aromatic carbocycles. The van der Waals surface area contributed by atoms with Crippen molar-refractivity contribution in [3.05, 3.63) is 71.8 Å². The number of hydrogen-bond donors (Lipinski definition) is 0. The second-order valence-electron chi connectivity index (χ2n) is 10.1. The van der Waals surface area contributed by atoms with Crippen LogP contribution in [0.4, 0.5) is 4.79 Å². The maximum absolute atomic E-state index is 13.2. The predicted octanol–water partition coefficient (Wildman–Crippen LogP) is 3.09. The molecule has 0 aliphatic carbocycles. The molecule has 3 fully saturated rings. The summed E-state index contributed by atoms with van der Waals surface area (Å²) < 4.78 is 10.7. The number of nitrogens with zero attached hydrogens (tertiary/aromatic N) is 3. The maximum Gasteiger partial charge on any atom is 0.410 e. The van der Waals surface area contributed by atoms with E-state index in [1.54, 1.807) is 0 Å². The van der Waals surface area contributed by atoms with Crippen molar-refractivity contribution in [1.82, 2.24) is 14.7 Å². The number of rotatable bonds is 6. The molecule has 0 bridgehead atoms. The van der Waals surface area contributed by atoms with E-state index in [0.717, 1.165) is 5.56 Å². The molecular formula is C29H33N3O6. The minimum atomic E-state index is -0.773. The smallest absolute Gasteiger partial charge is 0.410 e. The fourth-order valence-electron chi connectivity index (χ4n) is 5.56. The van der Waals surface area contributed by atoms with Crippen LogP contribution in [-0.2, 0) is 25.7 Å². The van der Waals surface area contributed by atoms with Gasteiger partial charge in [-0.05, 0) is 43.4 Å². The summed E-state index contributed by atoms with van der Waals surface area (Å²) in [4.78, 5) is 56.4. The summed E-state index contributed by atoms with van der Waals surface area (Å²) in [5.74, 6) is -0.469. The lowest BCUT2D eigenvalue weighted by atomic mass is 9.93. The minimum Gasteiger partial charge on any atom is -0.459 e. The minimum absolute atomic E-state index is 0.00617. The second-order valence-corrected chi connectivity index (χ2v) is 10.1. The number of hydrogen-bond acceptors (Lipinski definition) is 6. The number of benzene rings is 2. The molecule has 0 radical (unpaired) electrons. The van der Waals surface area contributed by atoms with Crippen LogP contribution in [-0.4, -0.2) is 83.4 Å². The average Bonchev–Trinajstić information content (AvgIpc) is 3.37. The molecule has 1 unspecified atom stereocenters. The standard InChI is InChI=1S/C29H33N3O6/c33-26(22-9-5-2-6-10-22)30-15-11-23(12-16-30)27(34)31-17-13-24(14-18-31)32-25(20-38-29(32)36)28(35)37-19-21-7-3-1-4-8-21/h1-10,23-25H,11-20H2. The zero-order valence-electron chi connectivity index (χ0n) is 21.4. The van der Waals surface area contributed by atoms with Crippen LogP contribution in [0.3, 0.4) is 0 Å². The van der Waals surface area contributed by atoms with Crippen LogP contribution in [0.1, 0.15) is 41.6 Å². The third-order valence-corrected chi connectivity index (χ3v) is 7.73. The normalized spacial score (nSPS) is 20.8. The van der Waals surface area contributed by atoms with E-state index >= 15 is 0 Å². The fourth-order valence-corrected chi connectivity index (χ4v) is 5.56. The zero-order chi connectivity index (χ0) is 26.5. The molecule has 0 aromatic heterocycles. The van der Waals surface area contributed by atoms with Crippen LogP contribution in [0.25, 0.3) is 0 Å². The van der Waals surface area contributed by atoms with Gasteiger partial charge in [-0.1, -0.05) is 48.5 Å². The van der Waals surface area contributed by atoms with Gasteiger partial charge >= 0.3 is 12.1 Å². The molecule has 9 heteroatoms. The van der Waals surface area contributed by atoms with Gasteiger partial charge in [0.05, 0.1) is 0 Å². The maximum atomic E-state index is 13.2. The monoisotopic (exact) mass is 519 g/mol. The van der Waals surface area contributed by atoms with Crippen LogP contribution >= 0.6 is 0 Å². The Morgan fingerprint density at radius 3 is 2.08 bits per heavy atom. The molecule has 2 aromatic rings. The van der Waals surface area contributed by atoms with E-state index in [0.29, 0.717) is 57.4 Å². The molecule has 1 atom stereocenters. The van der Waals surface area contributed by atoms with Crippen molar-refractivity contribution < 1.29 is 28.7 Å². The van der Waals surface area contributed by atoms with Crippen LogP contribution in [0.15, 0.2) is 60.7 Å². The summed E-state index contributed by atoms with van der Waals surface area (Å²) in [5.41, 5.74) is 1.54. The molecule has 3 heterocycles. The molecule has 0 spiro atoms. The quantitative estimate of drug-likeness (QED) is 0.545. The van der Waals surface area contributed by atoms with Gasteiger partial charge in [0.2, 0.25) is 5.91 Å². The van der Waals surface area contributed by atoms with Crippen molar-refractivity contribution in [3.8, 4) is 0 Å². The van der Waals surface area contributed by atoms with Crippen molar-refractivity contribution in [1.29, 1.82) is 0 Å². The Hall–Kier alpha value is -3.88. The highest BCUT2D eigenvalue weighted by Gasteiger charge is 2.44. The third kappa shape index (κ3) is 5.66. The number of cyclic esters (lactones) is 1. The summed E-state index contributed by atoms with van der Waals surface area (Å²) in [6.45, 7) is 2.28. The fraction of sp³-hybridized carbons (Fsp3) is 0.448. The van der Waals surface area contributed by atoms with Crippen LogP contribution in [0.2, 0.25) is 0 Å². The third-order valence-electron chi connectivity index (χ3n) is 7.73. The molecule has 3 saturated heterocycles. The Labute approximate surface area is 222 Å². The molecule has 0 saturated carbocycles. The van der Waals surface area contributed by atoms with Gasteiger partial charge in [0.1, 0.15) is 13.2 Å². The topological polar surface area (TPSA) is 96.5 Å². The summed E-state index contributed by atoms with van der Waals surface area (Å²) in [5, 5.41) is 0. The summed E-state index contributed by atoms with van der Waals surface area (Å²) in [6.07, 6.45) is 1.94. The second kappa shape index (κ2) is 11.7. The van der Waals surface area contributed by atoms with Gasteiger partial charge in [-0.25, -0.2) is 9.59 Å². The van der Waals surface area contributed by atoms with Crippen molar-refractivity contribution in [2.75, 3.05) is 32.8 Å². The first-order valence-electron chi connectivity index (χ1n) is 13.3. The van der Waals surface area contributed by atoms with E-state index in [2.05, 4.69) is 0 Å². The summed E-state index contributed by atoms with van der Waals surface area (Å²) in [6, 6.07) is 17.6. The van der Waals surface area contributed by atoms with Crippen LogP contribution in [0, 0.1) is 5.92 Å². The summed E-state index contributed by atoms with van der Waals surface area (Å²) in [7, 11) is 0. The van der Waals surface area contributed by atoms with Gasteiger partial charge in [-0.15, -0.1) is 0 Å². The lowest BCUT2D eigenvalue weighted by Gasteiger charge is -2.39. The Balaban J connectivity index is 1.10. The van der Waals surface area contributed by atoms with E-state index in [9.17, 15) is 19.2 Å². The number of esters is 1. The Morgan fingerprint density at radius 2 is 1.42 bits per heavy atom. The number of ether oxygens (including phenoxy) is 2. The number of amides is 3. The molecule has 3 aliphatic rings.